The Hall–Kier alpha value is -4.58. The molecular formula is C34H37N3O8S. The maximum atomic E-state index is 13.8. The summed E-state index contributed by atoms with van der Waals surface area (Å²) in [5, 5.41) is 5.99. The van der Waals surface area contributed by atoms with E-state index in [9.17, 15) is 22.8 Å². The van der Waals surface area contributed by atoms with Gasteiger partial charge in [-0.15, -0.1) is 0 Å². The smallest absolute Gasteiger partial charge is 0.258 e. The molecular weight excluding hydrogens is 610 g/mol. The summed E-state index contributed by atoms with van der Waals surface area (Å²) in [7, 11) is -1.55. The van der Waals surface area contributed by atoms with E-state index in [1.54, 1.807) is 48.4 Å². The summed E-state index contributed by atoms with van der Waals surface area (Å²) in [6.45, 7) is 0.806. The lowest BCUT2D eigenvalue weighted by Crippen LogP contribution is -2.59. The number of sulfone groups is 1. The number of piperidine rings is 1. The maximum absolute atomic E-state index is 13.8. The van der Waals surface area contributed by atoms with Crippen LogP contribution in [-0.2, 0) is 26.0 Å². The van der Waals surface area contributed by atoms with Gasteiger partial charge in [-0.2, -0.15) is 0 Å². The molecule has 2 N–H and O–H groups in total. The predicted molar refractivity (Wildman–Crippen MR) is 170 cm³/mol. The van der Waals surface area contributed by atoms with Crippen molar-refractivity contribution in [1.82, 2.24) is 15.5 Å². The molecule has 0 saturated carbocycles. The summed E-state index contributed by atoms with van der Waals surface area (Å²) < 4.78 is 41.7. The van der Waals surface area contributed by atoms with Crippen LogP contribution in [0, 0.1) is 5.92 Å². The molecule has 2 saturated heterocycles. The highest BCUT2D eigenvalue weighted by molar-refractivity contribution is 7.91. The fraction of sp³-hybridized carbons (Fsp3) is 0.382. The Bertz CT molecular complexity index is 1710. The molecule has 2 atom stereocenters. The number of methoxy groups -OCH3 is 1. The van der Waals surface area contributed by atoms with Gasteiger partial charge in [-0.05, 0) is 66.4 Å². The number of rotatable bonds is 2. The Morgan fingerprint density at radius 3 is 2.48 bits per heavy atom. The maximum Gasteiger partial charge on any atom is 0.258 e. The van der Waals surface area contributed by atoms with Gasteiger partial charge in [-0.3, -0.25) is 14.4 Å². The number of amides is 3. The summed E-state index contributed by atoms with van der Waals surface area (Å²) in [6, 6.07) is 19.2. The molecule has 7 rings (SSSR count). The first-order chi connectivity index (χ1) is 22.2. The summed E-state index contributed by atoms with van der Waals surface area (Å²) in [5.74, 6) is 0.613. The lowest BCUT2D eigenvalue weighted by Gasteiger charge is -2.40. The first-order valence-corrected chi connectivity index (χ1v) is 17.2. The molecule has 242 valence electrons. The molecule has 0 unspecified atom stereocenters. The van der Waals surface area contributed by atoms with Crippen LogP contribution in [0.2, 0.25) is 0 Å². The van der Waals surface area contributed by atoms with Crippen LogP contribution in [-0.4, -0.2) is 81.5 Å². The van der Waals surface area contributed by atoms with Gasteiger partial charge in [-0.1, -0.05) is 24.3 Å². The van der Waals surface area contributed by atoms with E-state index in [1.807, 2.05) is 30.3 Å². The highest BCUT2D eigenvalue weighted by atomic mass is 32.2. The average molecular weight is 648 g/mol. The Kier molecular flexibility index (Phi) is 9.16. The number of benzene rings is 3. The standard InChI is InChI=1S/C34H37N3O8S/c1-43-30-10-7-25-18-28(30)24-3-2-4-27(17-24)44-21-32(38)35-19-22-5-8-26(9-6-22)45-31-11-14-37(20-29(31)36-33(25)39)34(40)23-12-15-46(41,42)16-13-23/h2-10,17-18,23,29,31H,11-16,19-21H2,1H3,(H,35,38)(H,36,39)/t29-,31-/m1/s1. The quantitative estimate of drug-likeness (QED) is 0.433. The normalized spacial score (nSPS) is 21.9. The van der Waals surface area contributed by atoms with Gasteiger partial charge in [0.05, 0.1) is 24.7 Å². The number of carbonyl (C=O) groups is 3. The third-order valence-electron chi connectivity index (χ3n) is 8.76. The van der Waals surface area contributed by atoms with Gasteiger partial charge in [0.1, 0.15) is 33.2 Å². The number of nitrogens with one attached hydrogen (secondary N) is 2. The van der Waals surface area contributed by atoms with Crippen molar-refractivity contribution in [3.05, 3.63) is 77.9 Å². The van der Waals surface area contributed by atoms with Crippen molar-refractivity contribution in [3.8, 4) is 28.4 Å². The predicted octanol–water partition coefficient (Wildman–Crippen LogP) is 2.97. The molecule has 4 heterocycles. The van der Waals surface area contributed by atoms with Crippen LogP contribution in [0.15, 0.2) is 66.7 Å². The first kappa shape index (κ1) is 31.4. The summed E-state index contributed by atoms with van der Waals surface area (Å²) >= 11 is 0. The lowest BCUT2D eigenvalue weighted by atomic mass is 9.96. The Balaban J connectivity index is 1.30. The fourth-order valence-electron chi connectivity index (χ4n) is 6.15. The number of hydrogen-bond donors (Lipinski definition) is 2. The van der Waals surface area contributed by atoms with Crippen molar-refractivity contribution in [2.24, 2.45) is 5.92 Å². The summed E-state index contributed by atoms with van der Waals surface area (Å²) in [4.78, 5) is 41.5. The number of carbonyl (C=O) groups excluding carboxylic acids is 3. The SMILES string of the molecule is COc1ccc2cc1-c1cccc(c1)OCC(=O)NCc1ccc(cc1)O[C@@H]1CCN(C(=O)C3CCS(=O)(=O)CC3)C[C@H]1NC2=O. The zero-order chi connectivity index (χ0) is 32.3. The van der Waals surface area contributed by atoms with Gasteiger partial charge < -0.3 is 29.7 Å². The van der Waals surface area contributed by atoms with E-state index in [4.69, 9.17) is 14.2 Å². The van der Waals surface area contributed by atoms with Crippen molar-refractivity contribution >= 4 is 27.6 Å². The highest BCUT2D eigenvalue weighted by Gasteiger charge is 2.38. The Morgan fingerprint density at radius 2 is 1.72 bits per heavy atom. The van der Waals surface area contributed by atoms with Crippen LogP contribution in [0.25, 0.3) is 11.1 Å². The van der Waals surface area contributed by atoms with Crippen molar-refractivity contribution in [2.75, 3.05) is 38.3 Å². The molecule has 0 radical (unpaired) electrons. The van der Waals surface area contributed by atoms with E-state index >= 15 is 0 Å². The molecule has 3 amide bonds. The zero-order valence-electron chi connectivity index (χ0n) is 25.6. The minimum absolute atomic E-state index is 0.0116. The van der Waals surface area contributed by atoms with Crippen LogP contribution in [0.4, 0.5) is 0 Å². The van der Waals surface area contributed by atoms with Crippen molar-refractivity contribution in [1.29, 1.82) is 0 Å². The van der Waals surface area contributed by atoms with Crippen LogP contribution < -0.4 is 24.8 Å². The van der Waals surface area contributed by atoms with E-state index in [1.165, 1.54) is 0 Å². The van der Waals surface area contributed by atoms with E-state index < -0.39 is 22.0 Å². The van der Waals surface area contributed by atoms with Gasteiger partial charge in [0, 0.05) is 43.1 Å². The molecule has 46 heavy (non-hydrogen) atoms. The van der Waals surface area contributed by atoms with Crippen LogP contribution in [0.5, 0.6) is 17.2 Å². The number of hydrogen-bond acceptors (Lipinski definition) is 8. The average Bonchev–Trinajstić information content (AvgIpc) is 3.07. The largest absolute Gasteiger partial charge is 0.496 e. The molecule has 0 aromatic heterocycles. The molecule has 12 heteroatoms. The topological polar surface area (TPSA) is 140 Å². The Morgan fingerprint density at radius 1 is 0.935 bits per heavy atom. The number of fused-ring (bicyclic) bond motifs is 7. The highest BCUT2D eigenvalue weighted by Crippen LogP contribution is 2.33. The molecule has 0 aliphatic carbocycles. The van der Waals surface area contributed by atoms with Gasteiger partial charge in [0.25, 0.3) is 11.8 Å². The van der Waals surface area contributed by atoms with E-state index in [-0.39, 0.29) is 48.3 Å². The molecule has 11 nitrogen and oxygen atoms in total. The molecule has 2 fully saturated rings. The molecule has 3 aromatic carbocycles. The minimum Gasteiger partial charge on any atom is -0.496 e. The molecule has 3 aromatic rings. The fourth-order valence-corrected chi connectivity index (χ4v) is 7.64. The van der Waals surface area contributed by atoms with Crippen LogP contribution in [0.3, 0.4) is 0 Å². The molecule has 4 aliphatic rings. The van der Waals surface area contributed by atoms with Crippen molar-refractivity contribution < 1.29 is 37.0 Å². The van der Waals surface area contributed by atoms with Gasteiger partial charge in [-0.25, -0.2) is 8.42 Å². The third-order valence-corrected chi connectivity index (χ3v) is 10.5. The zero-order valence-corrected chi connectivity index (χ0v) is 26.4. The number of ether oxygens (including phenoxy) is 3. The van der Waals surface area contributed by atoms with Crippen molar-refractivity contribution in [2.45, 2.75) is 38.0 Å². The number of likely N-dealkylation sites (tertiary alicyclic amines) is 1. The van der Waals surface area contributed by atoms with E-state index in [0.717, 1.165) is 11.1 Å². The van der Waals surface area contributed by atoms with E-state index in [0.29, 0.717) is 60.7 Å². The monoisotopic (exact) mass is 647 g/mol. The van der Waals surface area contributed by atoms with Gasteiger partial charge in [0.15, 0.2) is 6.61 Å². The second-order valence-corrected chi connectivity index (χ2v) is 14.2. The second-order valence-electron chi connectivity index (χ2n) is 11.9. The molecule has 0 spiro atoms. The Labute approximate surface area is 268 Å². The minimum atomic E-state index is -3.10. The second kappa shape index (κ2) is 13.4. The third kappa shape index (κ3) is 7.28. The molecule has 6 bridgehead atoms. The van der Waals surface area contributed by atoms with Gasteiger partial charge in [0.2, 0.25) is 5.91 Å². The van der Waals surface area contributed by atoms with Crippen molar-refractivity contribution in [3.63, 3.8) is 0 Å². The number of nitrogens with zero attached hydrogens (tertiary/aromatic N) is 1. The molecule has 4 aliphatic heterocycles. The van der Waals surface area contributed by atoms with Crippen LogP contribution >= 0.6 is 0 Å². The van der Waals surface area contributed by atoms with Crippen LogP contribution in [0.1, 0.15) is 35.2 Å². The summed E-state index contributed by atoms with van der Waals surface area (Å²) in [6.07, 6.45) is 0.660. The summed E-state index contributed by atoms with van der Waals surface area (Å²) in [5.41, 5.74) is 2.67. The lowest BCUT2D eigenvalue weighted by molar-refractivity contribution is -0.138. The van der Waals surface area contributed by atoms with E-state index in [2.05, 4.69) is 10.6 Å². The first-order valence-electron chi connectivity index (χ1n) is 15.4. The van der Waals surface area contributed by atoms with Gasteiger partial charge >= 0.3 is 0 Å².